The van der Waals surface area contributed by atoms with Crippen molar-refractivity contribution in [2.24, 2.45) is 0 Å². The van der Waals surface area contributed by atoms with E-state index in [0.717, 1.165) is 10.6 Å². The molecule has 3 rings (SSSR count). The van der Waals surface area contributed by atoms with E-state index in [-0.39, 0.29) is 12.0 Å². The maximum atomic E-state index is 12.4. The normalized spacial score (nSPS) is 18.7. The molecule has 110 valence electrons. The maximum absolute atomic E-state index is 12.4. The Morgan fingerprint density at radius 3 is 3.14 bits per heavy atom. The highest BCUT2D eigenvalue weighted by molar-refractivity contribution is 7.10. The van der Waals surface area contributed by atoms with Crippen molar-refractivity contribution < 1.29 is 9.53 Å². The summed E-state index contributed by atoms with van der Waals surface area (Å²) in [7, 11) is 1.67. The molecule has 0 N–H and O–H groups in total. The van der Waals surface area contributed by atoms with Crippen LogP contribution in [-0.2, 0) is 22.6 Å². The molecule has 0 fully saturated rings. The first-order chi connectivity index (χ1) is 10.3. The van der Waals surface area contributed by atoms with Gasteiger partial charge in [-0.2, -0.15) is 5.10 Å². The minimum absolute atomic E-state index is 0.0000926. The fourth-order valence-electron chi connectivity index (χ4n) is 2.38. The van der Waals surface area contributed by atoms with Crippen molar-refractivity contribution in [1.82, 2.24) is 14.7 Å². The van der Waals surface area contributed by atoms with Crippen LogP contribution in [0.4, 0.5) is 0 Å². The van der Waals surface area contributed by atoms with Crippen LogP contribution in [0, 0.1) is 0 Å². The minimum Gasteiger partial charge on any atom is -0.378 e. The second-order valence-corrected chi connectivity index (χ2v) is 5.91. The summed E-state index contributed by atoms with van der Waals surface area (Å²) in [6.45, 7) is 1.82. The lowest BCUT2D eigenvalue weighted by atomic mass is 10.3. The molecule has 0 radical (unpaired) electrons. The molecule has 0 aliphatic carbocycles. The largest absolute Gasteiger partial charge is 0.378 e. The SMILES string of the molecule is CO[C@@H]1CN(C(=O)/C=C/c2cccs2)Cc2ccnn2C1. The molecule has 3 heterocycles. The summed E-state index contributed by atoms with van der Waals surface area (Å²) in [6.07, 6.45) is 5.21. The average Bonchev–Trinajstić information content (AvgIpc) is 3.12. The third-order valence-corrected chi connectivity index (χ3v) is 4.37. The van der Waals surface area contributed by atoms with E-state index in [0.29, 0.717) is 19.6 Å². The van der Waals surface area contributed by atoms with Gasteiger partial charge in [-0.05, 0) is 23.6 Å². The number of carbonyl (C=O) groups is 1. The molecule has 2 aromatic heterocycles. The average molecular weight is 303 g/mol. The standard InChI is InChI=1S/C15H17N3O2S/c1-20-13-10-17(9-12-6-7-16-18(12)11-13)15(19)5-4-14-3-2-8-21-14/h2-8,13H,9-11H2,1H3/b5-4+/t13-/m1/s1. The molecule has 5 nitrogen and oxygen atoms in total. The molecule has 1 atom stereocenters. The number of hydrogen-bond acceptors (Lipinski definition) is 4. The molecule has 0 saturated carbocycles. The third kappa shape index (κ3) is 3.22. The highest BCUT2D eigenvalue weighted by Crippen LogP contribution is 2.15. The highest BCUT2D eigenvalue weighted by atomic mass is 32.1. The van der Waals surface area contributed by atoms with Crippen molar-refractivity contribution in [1.29, 1.82) is 0 Å². The lowest BCUT2D eigenvalue weighted by Gasteiger charge is -2.21. The van der Waals surface area contributed by atoms with E-state index < -0.39 is 0 Å². The second-order valence-electron chi connectivity index (χ2n) is 4.93. The summed E-state index contributed by atoms with van der Waals surface area (Å²) >= 11 is 1.61. The number of carbonyl (C=O) groups excluding carboxylic acids is 1. The quantitative estimate of drug-likeness (QED) is 0.815. The first-order valence-corrected chi connectivity index (χ1v) is 7.68. The van der Waals surface area contributed by atoms with Crippen molar-refractivity contribution in [2.75, 3.05) is 13.7 Å². The van der Waals surface area contributed by atoms with Gasteiger partial charge in [0.15, 0.2) is 0 Å². The fraction of sp³-hybridized carbons (Fsp3) is 0.333. The summed E-state index contributed by atoms with van der Waals surface area (Å²) in [4.78, 5) is 15.3. The Labute approximate surface area is 127 Å². The van der Waals surface area contributed by atoms with Crippen LogP contribution in [0.25, 0.3) is 6.08 Å². The molecular formula is C15H17N3O2S. The van der Waals surface area contributed by atoms with E-state index in [9.17, 15) is 4.79 Å². The molecule has 21 heavy (non-hydrogen) atoms. The van der Waals surface area contributed by atoms with Crippen LogP contribution in [0.3, 0.4) is 0 Å². The summed E-state index contributed by atoms with van der Waals surface area (Å²) < 4.78 is 7.36. The van der Waals surface area contributed by atoms with Crippen molar-refractivity contribution >= 4 is 23.3 Å². The van der Waals surface area contributed by atoms with E-state index in [1.54, 1.807) is 35.6 Å². The number of methoxy groups -OCH3 is 1. The zero-order valence-corrected chi connectivity index (χ0v) is 12.6. The zero-order chi connectivity index (χ0) is 14.7. The van der Waals surface area contributed by atoms with Gasteiger partial charge in [-0.1, -0.05) is 6.07 Å². The number of rotatable bonds is 3. The molecule has 0 saturated heterocycles. The van der Waals surface area contributed by atoms with Gasteiger partial charge in [-0.25, -0.2) is 0 Å². The van der Waals surface area contributed by atoms with Gasteiger partial charge in [0.2, 0.25) is 5.91 Å². The lowest BCUT2D eigenvalue weighted by molar-refractivity contribution is -0.128. The van der Waals surface area contributed by atoms with Gasteiger partial charge in [0.05, 0.1) is 24.9 Å². The Bertz CT molecular complexity index is 633. The summed E-state index contributed by atoms with van der Waals surface area (Å²) in [5.41, 5.74) is 1.03. The third-order valence-electron chi connectivity index (χ3n) is 3.54. The van der Waals surface area contributed by atoms with Gasteiger partial charge in [-0.3, -0.25) is 9.48 Å². The second kappa shape index (κ2) is 6.24. The van der Waals surface area contributed by atoms with Gasteiger partial charge in [-0.15, -0.1) is 11.3 Å². The van der Waals surface area contributed by atoms with Crippen LogP contribution in [0.15, 0.2) is 35.9 Å². The van der Waals surface area contributed by atoms with Crippen LogP contribution >= 0.6 is 11.3 Å². The molecule has 1 aliphatic heterocycles. The van der Waals surface area contributed by atoms with E-state index >= 15 is 0 Å². The van der Waals surface area contributed by atoms with Crippen LogP contribution in [0.2, 0.25) is 0 Å². The smallest absolute Gasteiger partial charge is 0.247 e. The summed E-state index contributed by atoms with van der Waals surface area (Å²) in [6, 6.07) is 5.91. The number of fused-ring (bicyclic) bond motifs is 1. The van der Waals surface area contributed by atoms with Gasteiger partial charge in [0.1, 0.15) is 0 Å². The summed E-state index contributed by atoms with van der Waals surface area (Å²) in [5.74, 6) is 0.0000926. The topological polar surface area (TPSA) is 47.4 Å². The first kappa shape index (κ1) is 14.0. The van der Waals surface area contributed by atoms with Crippen molar-refractivity contribution in [2.45, 2.75) is 19.2 Å². The molecule has 6 heteroatoms. The van der Waals surface area contributed by atoms with E-state index in [1.807, 2.05) is 34.3 Å². The Kier molecular flexibility index (Phi) is 4.17. The molecule has 0 bridgehead atoms. The van der Waals surface area contributed by atoms with Gasteiger partial charge in [0, 0.05) is 30.8 Å². The van der Waals surface area contributed by atoms with Gasteiger partial charge < -0.3 is 9.64 Å². The maximum Gasteiger partial charge on any atom is 0.247 e. The van der Waals surface area contributed by atoms with E-state index in [4.69, 9.17) is 4.74 Å². The first-order valence-electron chi connectivity index (χ1n) is 6.80. The Hall–Kier alpha value is -1.92. The Morgan fingerprint density at radius 2 is 2.38 bits per heavy atom. The Morgan fingerprint density at radius 1 is 1.48 bits per heavy atom. The number of aromatic nitrogens is 2. The monoisotopic (exact) mass is 303 g/mol. The lowest BCUT2D eigenvalue weighted by Crippen LogP contribution is -2.35. The number of ether oxygens (including phenoxy) is 1. The van der Waals surface area contributed by atoms with Gasteiger partial charge in [0.25, 0.3) is 0 Å². The van der Waals surface area contributed by atoms with Crippen LogP contribution in [0.5, 0.6) is 0 Å². The molecule has 0 aromatic carbocycles. The summed E-state index contributed by atoms with van der Waals surface area (Å²) in [5, 5.41) is 6.27. The minimum atomic E-state index is -0.0368. The number of thiophene rings is 1. The molecule has 0 spiro atoms. The molecule has 0 unspecified atom stereocenters. The predicted octanol–water partition coefficient (Wildman–Crippen LogP) is 2.02. The van der Waals surface area contributed by atoms with Crippen molar-refractivity contribution in [3.8, 4) is 0 Å². The predicted molar refractivity (Wildman–Crippen MR) is 81.8 cm³/mol. The van der Waals surface area contributed by atoms with Crippen molar-refractivity contribution in [3.05, 3.63) is 46.4 Å². The van der Waals surface area contributed by atoms with Crippen LogP contribution in [-0.4, -0.2) is 40.3 Å². The van der Waals surface area contributed by atoms with Crippen LogP contribution < -0.4 is 0 Å². The highest BCUT2D eigenvalue weighted by Gasteiger charge is 2.24. The number of hydrogen-bond donors (Lipinski definition) is 0. The molecule has 2 aromatic rings. The Balaban J connectivity index is 1.76. The number of amides is 1. The van der Waals surface area contributed by atoms with Crippen LogP contribution in [0.1, 0.15) is 10.6 Å². The zero-order valence-electron chi connectivity index (χ0n) is 11.8. The van der Waals surface area contributed by atoms with E-state index in [1.165, 1.54) is 0 Å². The molecule has 1 amide bonds. The molecule has 1 aliphatic rings. The van der Waals surface area contributed by atoms with E-state index in [2.05, 4.69) is 5.10 Å². The van der Waals surface area contributed by atoms with Gasteiger partial charge >= 0.3 is 0 Å². The number of nitrogens with zero attached hydrogens (tertiary/aromatic N) is 3. The molecular weight excluding hydrogens is 286 g/mol. The van der Waals surface area contributed by atoms with Crippen molar-refractivity contribution in [3.63, 3.8) is 0 Å². The fourth-order valence-corrected chi connectivity index (χ4v) is 3.00.